The van der Waals surface area contributed by atoms with E-state index in [0.717, 1.165) is 46.3 Å². The molecule has 1 fully saturated rings. The molecule has 3 heterocycles. The van der Waals surface area contributed by atoms with Crippen molar-refractivity contribution in [3.8, 4) is 0 Å². The smallest absolute Gasteiger partial charge is 0.220 e. The number of fused-ring (bicyclic) bond motifs is 1. The lowest BCUT2D eigenvalue weighted by molar-refractivity contribution is -0.121. The number of hydrogen-bond acceptors (Lipinski definition) is 4. The Labute approximate surface area is 191 Å². The number of carbonyl (C=O) groups is 1. The fourth-order valence-electron chi connectivity index (χ4n) is 4.57. The normalized spacial score (nSPS) is 15.4. The molecule has 32 heavy (non-hydrogen) atoms. The second-order valence-electron chi connectivity index (χ2n) is 9.37. The number of amides is 1. The van der Waals surface area contributed by atoms with E-state index in [1.165, 1.54) is 31.5 Å². The van der Waals surface area contributed by atoms with Crippen molar-refractivity contribution < 1.29 is 4.79 Å². The SMILES string of the molecule is Cc1cc2nc(C)c(CCC(=O)NCc3ccc(CN4CCC(C)CC4)cc3)c(C)n2n1. The predicted octanol–water partition coefficient (Wildman–Crippen LogP) is 4.14. The minimum absolute atomic E-state index is 0.0621. The van der Waals surface area contributed by atoms with Crippen LogP contribution >= 0.6 is 0 Å². The Morgan fingerprint density at radius 1 is 1.09 bits per heavy atom. The molecule has 1 N–H and O–H groups in total. The zero-order valence-electron chi connectivity index (χ0n) is 19.8. The van der Waals surface area contributed by atoms with Crippen molar-refractivity contribution in [3.05, 3.63) is 64.1 Å². The van der Waals surface area contributed by atoms with E-state index in [-0.39, 0.29) is 5.91 Å². The molecule has 6 nitrogen and oxygen atoms in total. The Morgan fingerprint density at radius 2 is 1.78 bits per heavy atom. The lowest BCUT2D eigenvalue weighted by Gasteiger charge is -2.30. The van der Waals surface area contributed by atoms with E-state index < -0.39 is 0 Å². The van der Waals surface area contributed by atoms with Crippen molar-refractivity contribution in [1.82, 2.24) is 24.8 Å². The van der Waals surface area contributed by atoms with Crippen LogP contribution in [0.2, 0.25) is 0 Å². The standard InChI is InChI=1S/C26H35N5O/c1-18-11-13-30(14-12-18)17-23-7-5-22(6-8-23)16-27-26(32)10-9-24-20(3)28-25-15-19(2)29-31(25)21(24)4/h5-8,15,18H,9-14,16-17H2,1-4H3,(H,27,32). The monoisotopic (exact) mass is 433 g/mol. The van der Waals surface area contributed by atoms with Crippen LogP contribution in [0.15, 0.2) is 30.3 Å². The third-order valence-corrected chi connectivity index (χ3v) is 6.68. The number of aromatic nitrogens is 3. The molecule has 0 spiro atoms. The van der Waals surface area contributed by atoms with E-state index in [1.54, 1.807) is 0 Å². The summed E-state index contributed by atoms with van der Waals surface area (Å²) in [5, 5.41) is 7.58. The highest BCUT2D eigenvalue weighted by molar-refractivity contribution is 5.76. The number of likely N-dealkylation sites (tertiary alicyclic amines) is 1. The third kappa shape index (κ3) is 5.36. The molecule has 0 bridgehead atoms. The van der Waals surface area contributed by atoms with Crippen molar-refractivity contribution in [1.29, 1.82) is 0 Å². The molecule has 4 rings (SSSR count). The van der Waals surface area contributed by atoms with Gasteiger partial charge in [0.1, 0.15) is 0 Å². The lowest BCUT2D eigenvalue weighted by Crippen LogP contribution is -2.32. The first-order chi connectivity index (χ1) is 15.4. The van der Waals surface area contributed by atoms with Crippen molar-refractivity contribution in [2.45, 2.75) is 66.5 Å². The largest absolute Gasteiger partial charge is 0.352 e. The maximum atomic E-state index is 12.5. The van der Waals surface area contributed by atoms with Gasteiger partial charge in [-0.25, -0.2) is 9.50 Å². The summed E-state index contributed by atoms with van der Waals surface area (Å²) < 4.78 is 1.88. The molecule has 1 saturated heterocycles. The third-order valence-electron chi connectivity index (χ3n) is 6.68. The average molecular weight is 434 g/mol. The highest BCUT2D eigenvalue weighted by atomic mass is 16.1. The van der Waals surface area contributed by atoms with E-state index in [1.807, 2.05) is 31.4 Å². The number of rotatable bonds is 7. The molecular formula is C26H35N5O. The van der Waals surface area contributed by atoms with Gasteiger partial charge in [0, 0.05) is 37.0 Å². The molecule has 1 aromatic carbocycles. The van der Waals surface area contributed by atoms with Gasteiger partial charge in [-0.15, -0.1) is 0 Å². The fraction of sp³-hybridized carbons (Fsp3) is 0.500. The molecule has 0 radical (unpaired) electrons. The number of piperidine rings is 1. The summed E-state index contributed by atoms with van der Waals surface area (Å²) in [6.07, 6.45) is 3.71. The van der Waals surface area contributed by atoms with Crippen LogP contribution in [0, 0.1) is 26.7 Å². The maximum absolute atomic E-state index is 12.5. The first kappa shape index (κ1) is 22.5. The number of carbonyl (C=O) groups excluding carboxylic acids is 1. The van der Waals surface area contributed by atoms with Gasteiger partial charge in [-0.05, 0) is 75.7 Å². The maximum Gasteiger partial charge on any atom is 0.220 e. The molecule has 170 valence electrons. The van der Waals surface area contributed by atoms with E-state index in [0.29, 0.717) is 19.4 Å². The second-order valence-corrected chi connectivity index (χ2v) is 9.37. The summed E-state index contributed by atoms with van der Waals surface area (Å²) in [5.41, 5.74) is 7.44. The molecule has 2 aromatic heterocycles. The van der Waals surface area contributed by atoms with Gasteiger partial charge in [-0.3, -0.25) is 9.69 Å². The van der Waals surface area contributed by atoms with Crippen LogP contribution < -0.4 is 5.32 Å². The van der Waals surface area contributed by atoms with Crippen molar-refractivity contribution >= 4 is 11.6 Å². The zero-order valence-corrected chi connectivity index (χ0v) is 19.8. The van der Waals surface area contributed by atoms with E-state index in [4.69, 9.17) is 0 Å². The van der Waals surface area contributed by atoms with Crippen molar-refractivity contribution in [2.75, 3.05) is 13.1 Å². The first-order valence-corrected chi connectivity index (χ1v) is 11.8. The fourth-order valence-corrected chi connectivity index (χ4v) is 4.57. The molecule has 0 unspecified atom stereocenters. The Hall–Kier alpha value is -2.73. The van der Waals surface area contributed by atoms with Crippen LogP contribution in [-0.4, -0.2) is 38.5 Å². The highest BCUT2D eigenvalue weighted by Gasteiger charge is 2.16. The summed E-state index contributed by atoms with van der Waals surface area (Å²) in [6, 6.07) is 10.6. The van der Waals surface area contributed by atoms with E-state index in [2.05, 4.69) is 51.5 Å². The van der Waals surface area contributed by atoms with Gasteiger partial charge in [-0.2, -0.15) is 5.10 Å². The summed E-state index contributed by atoms with van der Waals surface area (Å²) >= 11 is 0. The molecule has 0 saturated carbocycles. The van der Waals surface area contributed by atoms with E-state index >= 15 is 0 Å². The Morgan fingerprint density at radius 3 is 2.50 bits per heavy atom. The number of benzene rings is 1. The second kappa shape index (κ2) is 9.82. The number of hydrogen-bond donors (Lipinski definition) is 1. The molecule has 1 aliphatic rings. The quantitative estimate of drug-likeness (QED) is 0.608. The lowest BCUT2D eigenvalue weighted by atomic mass is 9.99. The number of nitrogens with zero attached hydrogens (tertiary/aromatic N) is 4. The van der Waals surface area contributed by atoms with Crippen molar-refractivity contribution in [2.24, 2.45) is 5.92 Å². The summed E-state index contributed by atoms with van der Waals surface area (Å²) in [5.74, 6) is 0.922. The van der Waals surface area contributed by atoms with Crippen LogP contribution in [0.3, 0.4) is 0 Å². The van der Waals surface area contributed by atoms with Gasteiger partial charge in [0.05, 0.1) is 5.69 Å². The van der Waals surface area contributed by atoms with Gasteiger partial charge in [0.2, 0.25) is 5.91 Å². The Balaban J connectivity index is 1.27. The number of nitrogens with one attached hydrogen (secondary N) is 1. The average Bonchev–Trinajstić information content (AvgIpc) is 3.15. The minimum Gasteiger partial charge on any atom is -0.352 e. The van der Waals surface area contributed by atoms with Crippen LogP contribution in [0.4, 0.5) is 0 Å². The summed E-state index contributed by atoms with van der Waals surface area (Å²) in [4.78, 5) is 19.7. The highest BCUT2D eigenvalue weighted by Crippen LogP contribution is 2.19. The van der Waals surface area contributed by atoms with Crippen LogP contribution in [0.1, 0.15) is 60.0 Å². The first-order valence-electron chi connectivity index (χ1n) is 11.8. The van der Waals surface area contributed by atoms with Crippen molar-refractivity contribution in [3.63, 3.8) is 0 Å². The van der Waals surface area contributed by atoms with Gasteiger partial charge >= 0.3 is 0 Å². The van der Waals surface area contributed by atoms with Gasteiger partial charge in [0.15, 0.2) is 5.65 Å². The summed E-state index contributed by atoms with van der Waals surface area (Å²) in [6.45, 7) is 12.3. The Kier molecular flexibility index (Phi) is 6.89. The molecule has 0 atom stereocenters. The van der Waals surface area contributed by atoms with Gasteiger partial charge < -0.3 is 5.32 Å². The molecule has 0 aliphatic carbocycles. The molecule has 3 aromatic rings. The Bertz CT molecular complexity index is 1080. The van der Waals surface area contributed by atoms with Crippen LogP contribution in [0.5, 0.6) is 0 Å². The van der Waals surface area contributed by atoms with E-state index in [9.17, 15) is 4.79 Å². The molecular weight excluding hydrogens is 398 g/mol. The molecule has 6 heteroatoms. The predicted molar refractivity (Wildman–Crippen MR) is 127 cm³/mol. The zero-order chi connectivity index (χ0) is 22.7. The minimum atomic E-state index is 0.0621. The molecule has 1 amide bonds. The van der Waals surface area contributed by atoms with Crippen LogP contribution in [0.25, 0.3) is 5.65 Å². The van der Waals surface area contributed by atoms with Gasteiger partial charge in [0.25, 0.3) is 0 Å². The van der Waals surface area contributed by atoms with Crippen LogP contribution in [-0.2, 0) is 24.3 Å². The number of aryl methyl sites for hydroxylation is 3. The topological polar surface area (TPSA) is 62.5 Å². The molecule has 1 aliphatic heterocycles. The summed E-state index contributed by atoms with van der Waals surface area (Å²) in [7, 11) is 0. The van der Waals surface area contributed by atoms with Gasteiger partial charge in [-0.1, -0.05) is 31.2 Å².